The summed E-state index contributed by atoms with van der Waals surface area (Å²) in [4.78, 5) is 6.45. The summed E-state index contributed by atoms with van der Waals surface area (Å²) in [5, 5.41) is 3.19. The van der Waals surface area contributed by atoms with E-state index in [9.17, 15) is 8.42 Å². The van der Waals surface area contributed by atoms with Crippen molar-refractivity contribution < 1.29 is 8.42 Å². The fraction of sp³-hybridized carbons (Fsp3) is 0.526. The standard InChI is InChI=1S/C19H29N3O2S/c1-19(2,3)25(23,24)15-12-21-18(20-4)22-13-10-17(11-14-22)16-8-6-5-7-9-16/h5-10H,11-15H2,1-4H3,(H,20,21). The summed E-state index contributed by atoms with van der Waals surface area (Å²) in [6.45, 7) is 7.22. The van der Waals surface area contributed by atoms with Crippen LogP contribution in [0.1, 0.15) is 32.8 Å². The molecule has 25 heavy (non-hydrogen) atoms. The number of nitrogens with zero attached hydrogens (tertiary/aromatic N) is 2. The van der Waals surface area contributed by atoms with Gasteiger partial charge in [-0.25, -0.2) is 8.42 Å². The van der Waals surface area contributed by atoms with Crippen LogP contribution in [-0.2, 0) is 9.84 Å². The van der Waals surface area contributed by atoms with Crippen molar-refractivity contribution in [3.05, 3.63) is 42.0 Å². The number of sulfone groups is 1. The van der Waals surface area contributed by atoms with Crippen LogP contribution in [0.4, 0.5) is 0 Å². The Balaban J connectivity index is 1.92. The Morgan fingerprint density at radius 3 is 2.44 bits per heavy atom. The number of nitrogens with one attached hydrogen (secondary N) is 1. The predicted molar refractivity (Wildman–Crippen MR) is 106 cm³/mol. The van der Waals surface area contributed by atoms with Crippen LogP contribution in [0.3, 0.4) is 0 Å². The molecule has 1 N–H and O–H groups in total. The van der Waals surface area contributed by atoms with Crippen molar-refractivity contribution in [2.45, 2.75) is 31.9 Å². The lowest BCUT2D eigenvalue weighted by molar-refractivity contribution is 0.441. The van der Waals surface area contributed by atoms with Gasteiger partial charge in [-0.05, 0) is 38.3 Å². The summed E-state index contributed by atoms with van der Waals surface area (Å²) in [5.74, 6) is 0.863. The van der Waals surface area contributed by atoms with Crippen molar-refractivity contribution in [2.75, 3.05) is 32.4 Å². The molecule has 0 saturated heterocycles. The molecule has 1 aliphatic rings. The zero-order valence-corrected chi connectivity index (χ0v) is 16.4. The molecule has 6 heteroatoms. The molecule has 0 spiro atoms. The molecule has 2 rings (SSSR count). The first kappa shape index (κ1) is 19.5. The van der Waals surface area contributed by atoms with Gasteiger partial charge in [0.15, 0.2) is 15.8 Å². The second-order valence-electron chi connectivity index (χ2n) is 7.20. The first-order valence-electron chi connectivity index (χ1n) is 8.67. The third kappa shape index (κ3) is 5.08. The Kier molecular flexibility index (Phi) is 6.27. The maximum Gasteiger partial charge on any atom is 0.193 e. The fourth-order valence-corrected chi connectivity index (χ4v) is 3.69. The number of guanidine groups is 1. The smallest absolute Gasteiger partial charge is 0.193 e. The molecular weight excluding hydrogens is 334 g/mol. The van der Waals surface area contributed by atoms with E-state index in [-0.39, 0.29) is 5.75 Å². The molecular formula is C19H29N3O2S. The maximum absolute atomic E-state index is 12.2. The maximum atomic E-state index is 12.2. The highest BCUT2D eigenvalue weighted by Gasteiger charge is 2.28. The van der Waals surface area contributed by atoms with Crippen molar-refractivity contribution in [3.8, 4) is 0 Å². The summed E-state index contributed by atoms with van der Waals surface area (Å²) < 4.78 is 23.7. The average Bonchev–Trinajstić information content (AvgIpc) is 2.59. The van der Waals surface area contributed by atoms with E-state index in [2.05, 4.69) is 45.6 Å². The molecule has 5 nitrogen and oxygen atoms in total. The molecule has 0 bridgehead atoms. The Bertz CT molecular complexity index is 732. The van der Waals surface area contributed by atoms with Gasteiger partial charge in [0.1, 0.15) is 0 Å². The third-order valence-electron chi connectivity index (χ3n) is 4.45. The molecule has 0 atom stereocenters. The molecule has 1 heterocycles. The van der Waals surface area contributed by atoms with Crippen LogP contribution >= 0.6 is 0 Å². The topological polar surface area (TPSA) is 61.8 Å². The lowest BCUT2D eigenvalue weighted by Crippen LogP contribution is -2.45. The van der Waals surface area contributed by atoms with Gasteiger partial charge in [-0.1, -0.05) is 36.4 Å². The van der Waals surface area contributed by atoms with Gasteiger partial charge in [0.2, 0.25) is 0 Å². The molecule has 0 radical (unpaired) electrons. The van der Waals surface area contributed by atoms with Gasteiger partial charge in [-0.2, -0.15) is 0 Å². The average molecular weight is 364 g/mol. The number of rotatable bonds is 4. The highest BCUT2D eigenvalue weighted by Crippen LogP contribution is 2.22. The summed E-state index contributed by atoms with van der Waals surface area (Å²) in [7, 11) is -1.39. The minimum Gasteiger partial charge on any atom is -0.355 e. The fourth-order valence-electron chi connectivity index (χ4n) is 2.71. The van der Waals surface area contributed by atoms with Crippen LogP contribution in [0.25, 0.3) is 5.57 Å². The highest BCUT2D eigenvalue weighted by molar-refractivity contribution is 7.92. The van der Waals surface area contributed by atoms with Crippen LogP contribution in [0.5, 0.6) is 0 Å². The summed E-state index contributed by atoms with van der Waals surface area (Å²) in [6.07, 6.45) is 3.17. The van der Waals surface area contributed by atoms with Crippen LogP contribution in [0, 0.1) is 0 Å². The first-order valence-corrected chi connectivity index (χ1v) is 10.3. The quantitative estimate of drug-likeness (QED) is 0.660. The van der Waals surface area contributed by atoms with Crippen molar-refractivity contribution >= 4 is 21.4 Å². The monoisotopic (exact) mass is 363 g/mol. The second-order valence-corrected chi connectivity index (χ2v) is 10.1. The second kappa shape index (κ2) is 8.04. The predicted octanol–water partition coefficient (Wildman–Crippen LogP) is 2.56. The number of hydrogen-bond acceptors (Lipinski definition) is 3. The van der Waals surface area contributed by atoms with Gasteiger partial charge in [0, 0.05) is 26.7 Å². The van der Waals surface area contributed by atoms with Gasteiger partial charge in [0.05, 0.1) is 10.5 Å². The van der Waals surface area contributed by atoms with Crippen molar-refractivity contribution in [2.24, 2.45) is 4.99 Å². The van der Waals surface area contributed by atoms with Gasteiger partial charge in [0.25, 0.3) is 0 Å². The van der Waals surface area contributed by atoms with E-state index in [1.807, 2.05) is 6.07 Å². The van der Waals surface area contributed by atoms with Gasteiger partial charge in [-0.3, -0.25) is 4.99 Å². The largest absolute Gasteiger partial charge is 0.355 e. The molecule has 0 unspecified atom stereocenters. The van der Waals surface area contributed by atoms with E-state index < -0.39 is 14.6 Å². The molecule has 1 aromatic rings. The number of aliphatic imine (C=N–C) groups is 1. The van der Waals surface area contributed by atoms with E-state index in [1.54, 1.807) is 27.8 Å². The molecule has 1 aromatic carbocycles. The van der Waals surface area contributed by atoms with Crippen LogP contribution in [-0.4, -0.2) is 56.5 Å². The van der Waals surface area contributed by atoms with Crippen LogP contribution in [0.15, 0.2) is 41.4 Å². The van der Waals surface area contributed by atoms with Crippen LogP contribution < -0.4 is 5.32 Å². The third-order valence-corrected chi connectivity index (χ3v) is 7.06. The molecule has 138 valence electrons. The number of benzene rings is 1. The summed E-state index contributed by atoms with van der Waals surface area (Å²) >= 11 is 0. The molecule has 0 fully saturated rings. The molecule has 0 aromatic heterocycles. The molecule has 0 saturated carbocycles. The van der Waals surface area contributed by atoms with E-state index in [4.69, 9.17) is 0 Å². The Morgan fingerprint density at radius 1 is 1.24 bits per heavy atom. The summed E-state index contributed by atoms with van der Waals surface area (Å²) in [6, 6.07) is 10.4. The minimum absolute atomic E-state index is 0.106. The Morgan fingerprint density at radius 2 is 1.92 bits per heavy atom. The Hall–Kier alpha value is -1.82. The van der Waals surface area contributed by atoms with E-state index in [0.29, 0.717) is 6.54 Å². The van der Waals surface area contributed by atoms with Crippen molar-refractivity contribution in [1.82, 2.24) is 10.2 Å². The molecule has 1 aliphatic heterocycles. The number of hydrogen-bond donors (Lipinski definition) is 1. The lowest BCUT2D eigenvalue weighted by Gasteiger charge is -2.30. The van der Waals surface area contributed by atoms with E-state index >= 15 is 0 Å². The van der Waals surface area contributed by atoms with Crippen molar-refractivity contribution in [1.29, 1.82) is 0 Å². The minimum atomic E-state index is -3.13. The van der Waals surface area contributed by atoms with E-state index in [1.165, 1.54) is 11.1 Å². The van der Waals surface area contributed by atoms with Crippen molar-refractivity contribution in [3.63, 3.8) is 0 Å². The molecule has 0 amide bonds. The van der Waals surface area contributed by atoms with Crippen LogP contribution in [0.2, 0.25) is 0 Å². The Labute approximate surface area is 151 Å². The first-order chi connectivity index (χ1) is 11.7. The van der Waals surface area contributed by atoms with Gasteiger partial charge >= 0.3 is 0 Å². The normalized spacial score (nSPS) is 16.6. The summed E-state index contributed by atoms with van der Waals surface area (Å²) in [5.41, 5.74) is 2.61. The highest BCUT2D eigenvalue weighted by atomic mass is 32.2. The zero-order valence-electron chi connectivity index (χ0n) is 15.6. The lowest BCUT2D eigenvalue weighted by atomic mass is 10.00. The zero-order chi connectivity index (χ0) is 18.5. The van der Waals surface area contributed by atoms with Gasteiger partial charge in [-0.15, -0.1) is 0 Å². The van der Waals surface area contributed by atoms with E-state index in [0.717, 1.165) is 25.5 Å². The SMILES string of the molecule is CN=C(NCCS(=O)(=O)C(C)(C)C)N1CC=C(c2ccccc2)CC1. The molecule has 0 aliphatic carbocycles. The van der Waals surface area contributed by atoms with Gasteiger partial charge < -0.3 is 10.2 Å².